The second-order valence-corrected chi connectivity index (χ2v) is 3.40. The quantitative estimate of drug-likeness (QED) is 0.832. The molecule has 2 rings (SSSR count). The molecule has 2 aromatic heterocycles. The number of rotatable bonds is 4. The molecule has 0 saturated carbocycles. The molecule has 80 valence electrons. The van der Waals surface area contributed by atoms with Gasteiger partial charge in [0.1, 0.15) is 5.76 Å². The summed E-state index contributed by atoms with van der Waals surface area (Å²) in [6.07, 6.45) is 5.05. The molecule has 0 fully saturated rings. The van der Waals surface area contributed by atoms with Crippen LogP contribution in [0.1, 0.15) is 18.1 Å². The van der Waals surface area contributed by atoms with Crippen molar-refractivity contribution in [2.45, 2.75) is 19.8 Å². The average Bonchev–Trinajstić information content (AvgIpc) is 2.83. The first-order valence-corrected chi connectivity index (χ1v) is 5.00. The molecule has 4 nitrogen and oxygen atoms in total. The topological polar surface area (TPSA) is 65.2 Å². The fourth-order valence-corrected chi connectivity index (χ4v) is 1.44. The van der Waals surface area contributed by atoms with Crippen molar-refractivity contribution in [1.29, 1.82) is 0 Å². The Hall–Kier alpha value is -1.55. The lowest BCUT2D eigenvalue weighted by molar-refractivity contribution is 0.495. The van der Waals surface area contributed by atoms with Gasteiger partial charge in [0.25, 0.3) is 0 Å². The minimum Gasteiger partial charge on any atom is -0.469 e. The van der Waals surface area contributed by atoms with E-state index in [1.807, 2.05) is 13.0 Å². The summed E-state index contributed by atoms with van der Waals surface area (Å²) in [5.41, 5.74) is 6.38. The van der Waals surface area contributed by atoms with Gasteiger partial charge >= 0.3 is 0 Å². The first-order valence-electron chi connectivity index (χ1n) is 5.00. The minimum atomic E-state index is 0.655. The number of nitrogens with two attached hydrogens (primary N) is 1. The third kappa shape index (κ3) is 2.10. The van der Waals surface area contributed by atoms with Crippen molar-refractivity contribution in [3.05, 3.63) is 30.2 Å². The van der Waals surface area contributed by atoms with Gasteiger partial charge in [-0.3, -0.25) is 0 Å². The summed E-state index contributed by atoms with van der Waals surface area (Å²) < 4.78 is 10.8. The predicted molar refractivity (Wildman–Crippen MR) is 56.3 cm³/mol. The Labute approximate surface area is 88.1 Å². The Morgan fingerprint density at radius 3 is 3.00 bits per heavy atom. The van der Waals surface area contributed by atoms with Crippen molar-refractivity contribution in [3.63, 3.8) is 0 Å². The van der Waals surface area contributed by atoms with Crippen LogP contribution in [0.2, 0.25) is 0 Å². The Morgan fingerprint density at radius 1 is 1.47 bits per heavy atom. The molecule has 2 N–H and O–H groups in total. The number of hydrogen-bond donors (Lipinski definition) is 1. The fraction of sp³-hybridized carbons (Fsp3) is 0.364. The molecule has 2 aromatic rings. The van der Waals surface area contributed by atoms with Crippen LogP contribution in [-0.4, -0.2) is 11.5 Å². The van der Waals surface area contributed by atoms with E-state index in [2.05, 4.69) is 4.98 Å². The average molecular weight is 206 g/mol. The van der Waals surface area contributed by atoms with E-state index in [-0.39, 0.29) is 0 Å². The van der Waals surface area contributed by atoms with Crippen molar-refractivity contribution in [2.75, 3.05) is 6.54 Å². The Kier molecular flexibility index (Phi) is 2.87. The lowest BCUT2D eigenvalue weighted by Gasteiger charge is -1.93. The summed E-state index contributed by atoms with van der Waals surface area (Å²) in [5.74, 6) is 2.33. The van der Waals surface area contributed by atoms with Crippen LogP contribution in [-0.2, 0) is 6.42 Å². The molecule has 0 unspecified atom stereocenters. The second-order valence-electron chi connectivity index (χ2n) is 3.40. The Bertz CT molecular complexity index is 431. The van der Waals surface area contributed by atoms with E-state index in [1.54, 1.807) is 12.5 Å². The van der Waals surface area contributed by atoms with Crippen LogP contribution in [0.15, 0.2) is 27.4 Å². The van der Waals surface area contributed by atoms with E-state index >= 15 is 0 Å². The second kappa shape index (κ2) is 4.31. The maximum Gasteiger partial charge on any atom is 0.194 e. The molecular formula is C11H14N2O2. The van der Waals surface area contributed by atoms with Gasteiger partial charge in [0.15, 0.2) is 11.7 Å². The SMILES string of the molecule is Cc1occc1-c1cnc(CCCN)o1. The van der Waals surface area contributed by atoms with Gasteiger partial charge in [-0.1, -0.05) is 0 Å². The number of furan rings is 1. The predicted octanol–water partition coefficient (Wildman–Crippen LogP) is 2.13. The van der Waals surface area contributed by atoms with Crippen molar-refractivity contribution in [3.8, 4) is 11.3 Å². The molecule has 0 aliphatic rings. The zero-order valence-corrected chi connectivity index (χ0v) is 8.69. The smallest absolute Gasteiger partial charge is 0.194 e. The van der Waals surface area contributed by atoms with Crippen LogP contribution in [0.3, 0.4) is 0 Å². The first-order chi connectivity index (χ1) is 7.31. The van der Waals surface area contributed by atoms with E-state index in [4.69, 9.17) is 14.6 Å². The third-order valence-corrected chi connectivity index (χ3v) is 2.27. The van der Waals surface area contributed by atoms with Gasteiger partial charge < -0.3 is 14.6 Å². The fourth-order valence-electron chi connectivity index (χ4n) is 1.44. The number of aryl methyl sites for hydroxylation is 2. The number of hydrogen-bond acceptors (Lipinski definition) is 4. The van der Waals surface area contributed by atoms with Gasteiger partial charge in [-0.05, 0) is 26.0 Å². The van der Waals surface area contributed by atoms with Crippen LogP contribution in [0.25, 0.3) is 11.3 Å². The van der Waals surface area contributed by atoms with Gasteiger partial charge in [0.05, 0.1) is 18.0 Å². The van der Waals surface area contributed by atoms with Gasteiger partial charge in [-0.25, -0.2) is 4.98 Å². The third-order valence-electron chi connectivity index (χ3n) is 2.27. The molecule has 0 aliphatic carbocycles. The summed E-state index contributed by atoms with van der Waals surface area (Å²) in [4.78, 5) is 4.19. The molecule has 0 amide bonds. The van der Waals surface area contributed by atoms with Crippen molar-refractivity contribution in [1.82, 2.24) is 4.98 Å². The summed E-state index contributed by atoms with van der Waals surface area (Å²) in [6.45, 7) is 2.56. The van der Waals surface area contributed by atoms with E-state index in [9.17, 15) is 0 Å². The van der Waals surface area contributed by atoms with E-state index in [1.165, 1.54) is 0 Å². The van der Waals surface area contributed by atoms with Crippen molar-refractivity contribution in [2.24, 2.45) is 5.73 Å². The molecular weight excluding hydrogens is 192 g/mol. The summed E-state index contributed by atoms with van der Waals surface area (Å²) in [7, 11) is 0. The standard InChI is InChI=1S/C11H14N2O2/c1-8-9(4-6-14-8)10-7-13-11(15-10)3-2-5-12/h4,6-7H,2-3,5,12H2,1H3. The summed E-state index contributed by atoms with van der Waals surface area (Å²) in [6, 6.07) is 1.88. The number of nitrogens with zero attached hydrogens (tertiary/aromatic N) is 1. The van der Waals surface area contributed by atoms with E-state index in [0.717, 1.165) is 35.8 Å². The molecule has 0 spiro atoms. The van der Waals surface area contributed by atoms with Gasteiger partial charge in [0.2, 0.25) is 0 Å². The summed E-state index contributed by atoms with van der Waals surface area (Å²) in [5, 5.41) is 0. The molecule has 0 atom stereocenters. The van der Waals surface area contributed by atoms with Crippen LogP contribution >= 0.6 is 0 Å². The van der Waals surface area contributed by atoms with Crippen LogP contribution in [0.4, 0.5) is 0 Å². The molecule has 15 heavy (non-hydrogen) atoms. The molecule has 4 heteroatoms. The lowest BCUT2D eigenvalue weighted by Crippen LogP contribution is -2.00. The van der Waals surface area contributed by atoms with Crippen molar-refractivity contribution < 1.29 is 8.83 Å². The maximum absolute atomic E-state index is 5.58. The van der Waals surface area contributed by atoms with Gasteiger partial charge in [0, 0.05) is 6.42 Å². The molecule has 2 heterocycles. The molecule has 0 radical (unpaired) electrons. The zero-order valence-electron chi connectivity index (χ0n) is 8.69. The van der Waals surface area contributed by atoms with Crippen molar-refractivity contribution >= 4 is 0 Å². The molecule has 0 saturated heterocycles. The van der Waals surface area contributed by atoms with Gasteiger partial charge in [-0.15, -0.1) is 0 Å². The molecule has 0 bridgehead atoms. The monoisotopic (exact) mass is 206 g/mol. The first kappa shape index (κ1) is 9.98. The molecule has 0 aliphatic heterocycles. The lowest BCUT2D eigenvalue weighted by atomic mass is 10.2. The largest absolute Gasteiger partial charge is 0.469 e. The normalized spacial score (nSPS) is 10.8. The van der Waals surface area contributed by atoms with Crippen LogP contribution in [0.5, 0.6) is 0 Å². The Morgan fingerprint density at radius 2 is 2.33 bits per heavy atom. The Balaban J connectivity index is 2.17. The number of aromatic nitrogens is 1. The van der Waals surface area contributed by atoms with Crippen LogP contribution < -0.4 is 5.73 Å². The highest BCUT2D eigenvalue weighted by atomic mass is 16.4. The maximum atomic E-state index is 5.58. The van der Waals surface area contributed by atoms with Crippen LogP contribution in [0, 0.1) is 6.92 Å². The highest BCUT2D eigenvalue weighted by Gasteiger charge is 2.10. The van der Waals surface area contributed by atoms with Gasteiger partial charge in [-0.2, -0.15) is 0 Å². The molecule has 0 aromatic carbocycles. The minimum absolute atomic E-state index is 0.655. The van der Waals surface area contributed by atoms with E-state index in [0.29, 0.717) is 6.54 Å². The zero-order chi connectivity index (χ0) is 10.7. The highest BCUT2D eigenvalue weighted by Crippen LogP contribution is 2.24. The summed E-state index contributed by atoms with van der Waals surface area (Å²) >= 11 is 0. The van der Waals surface area contributed by atoms with E-state index < -0.39 is 0 Å². The highest BCUT2D eigenvalue weighted by molar-refractivity contribution is 5.58. The number of oxazole rings is 1.